The molecule has 3 aliphatic heterocycles. The van der Waals surface area contributed by atoms with E-state index in [2.05, 4.69) is 43.5 Å². The first-order valence-corrected chi connectivity index (χ1v) is 36.2. The SMILES string of the molecule is CCCCC/C=C\C/C=C\CCCCCCCCCC(=O)NC(COC1OC(CO)C(OC2OC(CO)C(OC3OC(CO)C(O)C(O)C3O)C(O)C2O)C(O)C1O)C(O)/C=C/CCCCCCCCCCCCCCCCCCCCCCCCCCCC. The highest BCUT2D eigenvalue weighted by atomic mass is 16.8. The Bertz CT molecular complexity index is 1780. The number of ether oxygens (including phenoxy) is 6. The fourth-order valence-electron chi connectivity index (χ4n) is 12.3. The molecular formula is C71H131NO18. The summed E-state index contributed by atoms with van der Waals surface area (Å²) in [4.78, 5) is 13.4. The molecule has 0 aromatic carbocycles. The summed E-state index contributed by atoms with van der Waals surface area (Å²) in [6.07, 6.45) is 35.5. The minimum absolute atomic E-state index is 0.235. The number of hydrogen-bond acceptors (Lipinski definition) is 18. The second kappa shape index (κ2) is 53.2. The van der Waals surface area contributed by atoms with E-state index in [-0.39, 0.29) is 18.9 Å². The van der Waals surface area contributed by atoms with Crippen LogP contribution in [0.25, 0.3) is 0 Å². The summed E-state index contributed by atoms with van der Waals surface area (Å²) in [7, 11) is 0. The van der Waals surface area contributed by atoms with Crippen LogP contribution in [0.4, 0.5) is 0 Å². The fraction of sp³-hybridized carbons (Fsp3) is 0.901. The molecule has 19 nitrogen and oxygen atoms in total. The van der Waals surface area contributed by atoms with Crippen molar-refractivity contribution in [1.29, 1.82) is 0 Å². The van der Waals surface area contributed by atoms with E-state index >= 15 is 0 Å². The predicted octanol–water partition coefficient (Wildman–Crippen LogP) is 10.00. The number of hydrogen-bond donors (Lipinski definition) is 12. The summed E-state index contributed by atoms with van der Waals surface area (Å²) in [6.45, 7) is 1.73. The van der Waals surface area contributed by atoms with Crippen LogP contribution in [-0.4, -0.2) is 193 Å². The van der Waals surface area contributed by atoms with Gasteiger partial charge in [0.05, 0.1) is 38.6 Å². The monoisotopic (exact) mass is 1290 g/mol. The number of aliphatic hydroxyl groups excluding tert-OH is 11. The van der Waals surface area contributed by atoms with Gasteiger partial charge in [-0.15, -0.1) is 0 Å². The molecule has 0 spiro atoms. The van der Waals surface area contributed by atoms with E-state index in [0.29, 0.717) is 6.42 Å². The Hall–Kier alpha value is -1.99. The molecule has 3 aliphatic rings. The standard InChI is InChI=1S/C71H131NO18/c1-3-5-7-9-11-13-15-17-19-21-22-23-24-25-26-27-28-29-30-31-33-34-36-38-40-42-44-46-48-55(76)54(72-59(77)49-47-45-43-41-39-37-35-32-20-18-16-14-12-10-8-6-4-2)53-85-69-65(83)62(80)67(57(51-74)87-69)90-71-66(84)63(81)68(58(52-75)88-71)89-70-64(82)61(79)60(78)56(50-73)86-70/h12,14,18,20,46,48,54-58,60-71,73-76,78-84H,3-11,13,15-17,19,21-45,47,49-53H2,1-2H3,(H,72,77)/b14-12-,20-18-,48-46+. The molecule has 0 aromatic rings. The van der Waals surface area contributed by atoms with Crippen LogP contribution in [0.3, 0.4) is 0 Å². The number of carbonyl (C=O) groups is 1. The zero-order valence-corrected chi connectivity index (χ0v) is 55.9. The molecule has 0 bridgehead atoms. The molecule has 528 valence electrons. The molecule has 0 radical (unpaired) electrons. The molecule has 3 saturated heterocycles. The Labute approximate surface area is 542 Å². The first kappa shape index (κ1) is 82.2. The number of nitrogens with one attached hydrogen (secondary N) is 1. The van der Waals surface area contributed by atoms with E-state index < -0.39 is 124 Å². The number of rotatable bonds is 56. The van der Waals surface area contributed by atoms with Gasteiger partial charge in [-0.2, -0.15) is 0 Å². The first-order chi connectivity index (χ1) is 43.8. The summed E-state index contributed by atoms with van der Waals surface area (Å²) in [5, 5.41) is 121. The van der Waals surface area contributed by atoms with E-state index in [4.69, 9.17) is 28.4 Å². The molecule has 12 N–H and O–H groups in total. The summed E-state index contributed by atoms with van der Waals surface area (Å²) in [6, 6.07) is -0.978. The van der Waals surface area contributed by atoms with Crippen molar-refractivity contribution in [2.75, 3.05) is 26.4 Å². The number of carbonyl (C=O) groups excluding carboxylic acids is 1. The highest BCUT2D eigenvalue weighted by Gasteiger charge is 2.53. The van der Waals surface area contributed by atoms with Crippen LogP contribution >= 0.6 is 0 Å². The number of unbranched alkanes of at least 4 members (excludes halogenated alkanes) is 36. The third-order valence-corrected chi connectivity index (χ3v) is 18.2. The Morgan fingerprint density at radius 1 is 0.400 bits per heavy atom. The van der Waals surface area contributed by atoms with Gasteiger partial charge in [-0.3, -0.25) is 4.79 Å². The van der Waals surface area contributed by atoms with E-state index in [0.717, 1.165) is 83.5 Å². The molecule has 3 heterocycles. The van der Waals surface area contributed by atoms with Gasteiger partial charge in [-0.25, -0.2) is 0 Å². The lowest BCUT2D eigenvalue weighted by Crippen LogP contribution is -2.66. The zero-order valence-electron chi connectivity index (χ0n) is 55.9. The highest BCUT2D eigenvalue weighted by molar-refractivity contribution is 5.76. The van der Waals surface area contributed by atoms with E-state index in [1.165, 1.54) is 167 Å². The normalized spacial score (nSPS) is 28.2. The minimum atomic E-state index is -1.98. The van der Waals surface area contributed by atoms with Gasteiger partial charge in [0.25, 0.3) is 0 Å². The van der Waals surface area contributed by atoms with Gasteiger partial charge in [-0.1, -0.05) is 256 Å². The maximum absolute atomic E-state index is 13.4. The van der Waals surface area contributed by atoms with Gasteiger partial charge in [-0.05, 0) is 51.4 Å². The van der Waals surface area contributed by atoms with E-state index in [1.807, 2.05) is 6.08 Å². The molecule has 17 unspecified atom stereocenters. The van der Waals surface area contributed by atoms with Crippen LogP contribution in [0.15, 0.2) is 36.5 Å². The minimum Gasteiger partial charge on any atom is -0.394 e. The molecule has 19 heteroatoms. The summed E-state index contributed by atoms with van der Waals surface area (Å²) in [5.41, 5.74) is 0. The van der Waals surface area contributed by atoms with Crippen molar-refractivity contribution in [3.63, 3.8) is 0 Å². The van der Waals surface area contributed by atoms with Crippen molar-refractivity contribution in [3.8, 4) is 0 Å². The average Bonchev–Trinajstić information content (AvgIpc) is 0.847. The molecule has 0 aliphatic carbocycles. The van der Waals surface area contributed by atoms with Crippen molar-refractivity contribution >= 4 is 5.91 Å². The van der Waals surface area contributed by atoms with Crippen molar-refractivity contribution in [2.45, 2.75) is 381 Å². The maximum atomic E-state index is 13.4. The number of aliphatic hydroxyl groups is 11. The van der Waals surface area contributed by atoms with Gasteiger partial charge in [0.15, 0.2) is 18.9 Å². The largest absolute Gasteiger partial charge is 0.394 e. The summed E-state index contributed by atoms with van der Waals surface area (Å²) < 4.78 is 34.4. The average molecular weight is 1290 g/mol. The molecule has 1 amide bonds. The zero-order chi connectivity index (χ0) is 65.4. The lowest BCUT2D eigenvalue weighted by molar-refractivity contribution is -0.379. The highest BCUT2D eigenvalue weighted by Crippen LogP contribution is 2.33. The van der Waals surface area contributed by atoms with Crippen molar-refractivity contribution < 1.29 is 89.4 Å². The van der Waals surface area contributed by atoms with Crippen LogP contribution in [0.5, 0.6) is 0 Å². The quantitative estimate of drug-likeness (QED) is 0.0199. The lowest BCUT2D eigenvalue weighted by Gasteiger charge is -2.48. The first-order valence-electron chi connectivity index (χ1n) is 36.2. The molecule has 3 rings (SSSR count). The molecule has 3 fully saturated rings. The summed E-state index contributed by atoms with van der Waals surface area (Å²) >= 11 is 0. The Balaban J connectivity index is 1.41. The third-order valence-electron chi connectivity index (χ3n) is 18.2. The molecule has 0 saturated carbocycles. The van der Waals surface area contributed by atoms with Gasteiger partial charge in [0.1, 0.15) is 73.2 Å². The number of allylic oxidation sites excluding steroid dienone is 5. The van der Waals surface area contributed by atoms with Crippen LogP contribution in [-0.2, 0) is 33.2 Å². The van der Waals surface area contributed by atoms with Crippen molar-refractivity contribution in [3.05, 3.63) is 36.5 Å². The molecule has 0 aromatic heterocycles. The smallest absolute Gasteiger partial charge is 0.220 e. The second-order valence-electron chi connectivity index (χ2n) is 26.1. The number of amides is 1. The van der Waals surface area contributed by atoms with Crippen LogP contribution in [0.1, 0.15) is 277 Å². The summed E-state index contributed by atoms with van der Waals surface area (Å²) in [5.74, 6) is -0.281. The Morgan fingerprint density at radius 3 is 1.16 bits per heavy atom. The van der Waals surface area contributed by atoms with E-state index in [1.54, 1.807) is 6.08 Å². The van der Waals surface area contributed by atoms with Crippen molar-refractivity contribution in [2.24, 2.45) is 0 Å². The van der Waals surface area contributed by atoms with Gasteiger partial charge >= 0.3 is 0 Å². The fourth-order valence-corrected chi connectivity index (χ4v) is 12.3. The van der Waals surface area contributed by atoms with Crippen LogP contribution < -0.4 is 5.32 Å². The topological polar surface area (TPSA) is 307 Å². The molecule has 90 heavy (non-hydrogen) atoms. The molecule has 17 atom stereocenters. The Morgan fingerprint density at radius 2 is 0.733 bits per heavy atom. The lowest BCUT2D eigenvalue weighted by atomic mass is 9.96. The van der Waals surface area contributed by atoms with E-state index in [9.17, 15) is 61.0 Å². The van der Waals surface area contributed by atoms with Gasteiger partial charge in [0, 0.05) is 6.42 Å². The molecular weight excluding hydrogens is 1150 g/mol. The Kier molecular flexibility index (Phi) is 48.6. The predicted molar refractivity (Wildman–Crippen MR) is 351 cm³/mol. The third kappa shape index (κ3) is 34.6. The van der Waals surface area contributed by atoms with Gasteiger partial charge in [0.2, 0.25) is 5.91 Å². The van der Waals surface area contributed by atoms with Gasteiger partial charge < -0.3 is 89.9 Å². The van der Waals surface area contributed by atoms with Crippen LogP contribution in [0, 0.1) is 0 Å². The van der Waals surface area contributed by atoms with Crippen LogP contribution in [0.2, 0.25) is 0 Å². The second-order valence-corrected chi connectivity index (χ2v) is 26.1. The van der Waals surface area contributed by atoms with Crippen molar-refractivity contribution in [1.82, 2.24) is 5.32 Å². The maximum Gasteiger partial charge on any atom is 0.220 e.